The quantitative estimate of drug-likeness (QED) is 0.597. The predicted molar refractivity (Wildman–Crippen MR) is 59.7 cm³/mol. The molecular formula is C11H19N3O2. The lowest BCUT2D eigenvalue weighted by atomic mass is 10.1. The second-order valence-corrected chi connectivity index (χ2v) is 4.70. The van der Waals surface area contributed by atoms with Gasteiger partial charge in [0.05, 0.1) is 5.92 Å². The molecule has 5 nitrogen and oxygen atoms in total. The van der Waals surface area contributed by atoms with Crippen molar-refractivity contribution in [3.05, 3.63) is 0 Å². The van der Waals surface area contributed by atoms with Crippen LogP contribution in [0.4, 0.5) is 0 Å². The summed E-state index contributed by atoms with van der Waals surface area (Å²) in [5.41, 5.74) is 0. The summed E-state index contributed by atoms with van der Waals surface area (Å²) in [6.45, 7) is 3.35. The van der Waals surface area contributed by atoms with Gasteiger partial charge in [-0.15, -0.1) is 0 Å². The molecule has 0 aromatic carbocycles. The molecule has 2 atom stereocenters. The van der Waals surface area contributed by atoms with E-state index in [1.807, 2.05) is 0 Å². The van der Waals surface area contributed by atoms with E-state index in [0.29, 0.717) is 6.04 Å². The van der Waals surface area contributed by atoms with Crippen molar-refractivity contribution in [2.75, 3.05) is 13.1 Å². The molecule has 5 heteroatoms. The third-order valence-electron chi connectivity index (χ3n) is 3.11. The summed E-state index contributed by atoms with van der Waals surface area (Å²) >= 11 is 0. The Morgan fingerprint density at radius 2 is 2.06 bits per heavy atom. The smallest absolute Gasteiger partial charge is 0.242 e. The molecule has 0 aromatic rings. The van der Waals surface area contributed by atoms with Gasteiger partial charge in [0.1, 0.15) is 6.04 Å². The molecule has 2 rings (SSSR count). The van der Waals surface area contributed by atoms with Gasteiger partial charge in [0.15, 0.2) is 0 Å². The number of carbonyl (C=O) groups is 2. The van der Waals surface area contributed by atoms with Crippen LogP contribution in [0, 0.1) is 5.92 Å². The summed E-state index contributed by atoms with van der Waals surface area (Å²) in [5, 5.41) is 8.78. The Labute approximate surface area is 95.3 Å². The summed E-state index contributed by atoms with van der Waals surface area (Å²) in [6.07, 6.45) is 3.00. The van der Waals surface area contributed by atoms with Gasteiger partial charge < -0.3 is 16.0 Å². The van der Waals surface area contributed by atoms with Crippen molar-refractivity contribution in [1.29, 1.82) is 0 Å². The molecule has 1 saturated heterocycles. The molecular weight excluding hydrogens is 206 g/mol. The van der Waals surface area contributed by atoms with E-state index in [2.05, 4.69) is 16.0 Å². The Morgan fingerprint density at radius 3 is 2.62 bits per heavy atom. The molecule has 2 aliphatic rings. The Hall–Kier alpha value is -1.10. The zero-order chi connectivity index (χ0) is 11.5. The molecule has 3 N–H and O–H groups in total. The molecule has 90 valence electrons. The van der Waals surface area contributed by atoms with Gasteiger partial charge >= 0.3 is 0 Å². The lowest BCUT2D eigenvalue weighted by molar-refractivity contribution is -0.130. The normalized spacial score (nSPS) is 26.2. The van der Waals surface area contributed by atoms with Crippen LogP contribution in [0.25, 0.3) is 0 Å². The number of hydrogen-bond donors (Lipinski definition) is 3. The highest BCUT2D eigenvalue weighted by Gasteiger charge is 2.28. The van der Waals surface area contributed by atoms with Gasteiger partial charge in [0, 0.05) is 12.6 Å². The maximum Gasteiger partial charge on any atom is 0.242 e. The van der Waals surface area contributed by atoms with Crippen LogP contribution in [0.5, 0.6) is 0 Å². The SMILES string of the molecule is CC(NC(=O)C1CCNC1)C(=O)NC1CC1. The van der Waals surface area contributed by atoms with Crippen molar-refractivity contribution in [1.82, 2.24) is 16.0 Å². The highest BCUT2D eigenvalue weighted by atomic mass is 16.2. The summed E-state index contributed by atoms with van der Waals surface area (Å²) in [6, 6.07) is -0.0753. The summed E-state index contributed by atoms with van der Waals surface area (Å²) in [7, 11) is 0. The summed E-state index contributed by atoms with van der Waals surface area (Å²) in [5.74, 6) is -0.0542. The topological polar surface area (TPSA) is 70.2 Å². The predicted octanol–water partition coefficient (Wildman–Crippen LogP) is -0.621. The molecule has 0 spiro atoms. The van der Waals surface area contributed by atoms with Gasteiger partial charge in [0.25, 0.3) is 0 Å². The Balaban J connectivity index is 1.73. The molecule has 1 saturated carbocycles. The average Bonchev–Trinajstić information content (AvgIpc) is 2.89. The number of nitrogens with one attached hydrogen (secondary N) is 3. The molecule has 2 unspecified atom stereocenters. The highest BCUT2D eigenvalue weighted by molar-refractivity contribution is 5.88. The van der Waals surface area contributed by atoms with Crippen LogP contribution in [0.1, 0.15) is 26.2 Å². The highest BCUT2D eigenvalue weighted by Crippen LogP contribution is 2.18. The second-order valence-electron chi connectivity index (χ2n) is 4.70. The fourth-order valence-corrected chi connectivity index (χ4v) is 1.83. The number of rotatable bonds is 4. The van der Waals surface area contributed by atoms with Gasteiger partial charge in [-0.25, -0.2) is 0 Å². The van der Waals surface area contributed by atoms with Gasteiger partial charge in [-0.1, -0.05) is 0 Å². The van der Waals surface area contributed by atoms with Gasteiger partial charge in [-0.2, -0.15) is 0 Å². The maximum atomic E-state index is 11.7. The average molecular weight is 225 g/mol. The summed E-state index contributed by atoms with van der Waals surface area (Å²) < 4.78 is 0. The van der Waals surface area contributed by atoms with Crippen LogP contribution >= 0.6 is 0 Å². The third kappa shape index (κ3) is 2.95. The molecule has 0 aromatic heterocycles. The van der Waals surface area contributed by atoms with Crippen LogP contribution in [-0.4, -0.2) is 37.0 Å². The molecule has 2 fully saturated rings. The molecule has 0 bridgehead atoms. The van der Waals surface area contributed by atoms with E-state index in [-0.39, 0.29) is 17.7 Å². The molecule has 1 heterocycles. The molecule has 1 aliphatic heterocycles. The lowest BCUT2D eigenvalue weighted by Crippen LogP contribution is -2.47. The third-order valence-corrected chi connectivity index (χ3v) is 3.11. The summed E-state index contributed by atoms with van der Waals surface area (Å²) in [4.78, 5) is 23.3. The number of hydrogen-bond acceptors (Lipinski definition) is 3. The second kappa shape index (κ2) is 4.82. The minimum Gasteiger partial charge on any atom is -0.352 e. The van der Waals surface area contributed by atoms with Crippen molar-refractivity contribution in [2.45, 2.75) is 38.3 Å². The number of amides is 2. The molecule has 0 radical (unpaired) electrons. The largest absolute Gasteiger partial charge is 0.352 e. The van der Waals surface area contributed by atoms with E-state index < -0.39 is 6.04 Å². The van der Waals surface area contributed by atoms with E-state index >= 15 is 0 Å². The number of carbonyl (C=O) groups excluding carboxylic acids is 2. The first-order valence-corrected chi connectivity index (χ1v) is 5.98. The minimum absolute atomic E-state index is 0.0107. The van der Waals surface area contributed by atoms with E-state index in [0.717, 1.165) is 32.4 Å². The van der Waals surface area contributed by atoms with Gasteiger partial charge in [-0.05, 0) is 32.7 Å². The van der Waals surface area contributed by atoms with E-state index in [1.165, 1.54) is 0 Å². The van der Waals surface area contributed by atoms with Crippen LogP contribution in [0.2, 0.25) is 0 Å². The van der Waals surface area contributed by atoms with Crippen molar-refractivity contribution in [3.63, 3.8) is 0 Å². The Morgan fingerprint density at radius 1 is 1.31 bits per heavy atom. The first-order chi connectivity index (χ1) is 7.66. The van der Waals surface area contributed by atoms with Crippen molar-refractivity contribution in [3.8, 4) is 0 Å². The Bertz CT molecular complexity index is 283. The first kappa shape index (κ1) is 11.4. The van der Waals surface area contributed by atoms with Gasteiger partial charge in [0.2, 0.25) is 11.8 Å². The monoisotopic (exact) mass is 225 g/mol. The zero-order valence-corrected chi connectivity index (χ0v) is 9.58. The first-order valence-electron chi connectivity index (χ1n) is 5.98. The van der Waals surface area contributed by atoms with Crippen molar-refractivity contribution >= 4 is 11.8 Å². The zero-order valence-electron chi connectivity index (χ0n) is 9.58. The van der Waals surface area contributed by atoms with Gasteiger partial charge in [-0.3, -0.25) is 9.59 Å². The maximum absolute atomic E-state index is 11.7. The fraction of sp³-hybridized carbons (Fsp3) is 0.818. The van der Waals surface area contributed by atoms with Crippen LogP contribution in [0.15, 0.2) is 0 Å². The van der Waals surface area contributed by atoms with Crippen LogP contribution in [0.3, 0.4) is 0 Å². The van der Waals surface area contributed by atoms with Crippen molar-refractivity contribution < 1.29 is 9.59 Å². The lowest BCUT2D eigenvalue weighted by Gasteiger charge is -2.16. The van der Waals surface area contributed by atoms with E-state index in [4.69, 9.17) is 0 Å². The standard InChI is InChI=1S/C11H19N3O2/c1-7(10(15)14-9-2-3-9)13-11(16)8-4-5-12-6-8/h7-9,12H,2-6H2,1H3,(H,13,16)(H,14,15). The van der Waals surface area contributed by atoms with E-state index in [9.17, 15) is 9.59 Å². The Kier molecular flexibility index (Phi) is 3.43. The molecule has 2 amide bonds. The van der Waals surface area contributed by atoms with Crippen LogP contribution in [-0.2, 0) is 9.59 Å². The van der Waals surface area contributed by atoms with Crippen LogP contribution < -0.4 is 16.0 Å². The van der Waals surface area contributed by atoms with E-state index in [1.54, 1.807) is 6.92 Å². The fourth-order valence-electron chi connectivity index (χ4n) is 1.83. The minimum atomic E-state index is -0.423. The van der Waals surface area contributed by atoms with Crippen molar-refractivity contribution in [2.24, 2.45) is 5.92 Å². The molecule has 1 aliphatic carbocycles. The molecule has 16 heavy (non-hydrogen) atoms.